The number of nitrogens with zero attached hydrogens (tertiary/aromatic N) is 1. The molecular formula is C10H11NO. The minimum Gasteiger partial charge on any atom is -0.343 e. The molecule has 2 rings (SSSR count). The first kappa shape index (κ1) is 7.50. The summed E-state index contributed by atoms with van der Waals surface area (Å²) in [5, 5.41) is 0. The first-order valence-corrected chi connectivity index (χ1v) is 4.02. The van der Waals surface area contributed by atoms with Crippen LogP contribution in [0, 0.1) is 0 Å². The number of benzene rings is 1. The maximum Gasteiger partial charge on any atom is 0.138 e. The Labute approximate surface area is 71.9 Å². The smallest absolute Gasteiger partial charge is 0.138 e. The summed E-state index contributed by atoms with van der Waals surface area (Å²) in [5.74, 6) is 0. The van der Waals surface area contributed by atoms with E-state index in [4.69, 9.17) is 4.74 Å². The van der Waals surface area contributed by atoms with Crippen molar-refractivity contribution >= 4 is 6.21 Å². The van der Waals surface area contributed by atoms with Gasteiger partial charge in [0.25, 0.3) is 0 Å². The van der Waals surface area contributed by atoms with Gasteiger partial charge >= 0.3 is 0 Å². The quantitative estimate of drug-likeness (QED) is 0.617. The van der Waals surface area contributed by atoms with E-state index in [9.17, 15) is 0 Å². The van der Waals surface area contributed by atoms with Gasteiger partial charge in [-0.05, 0) is 12.5 Å². The Morgan fingerprint density at radius 3 is 2.67 bits per heavy atom. The van der Waals surface area contributed by atoms with Crippen molar-refractivity contribution in [2.75, 3.05) is 6.73 Å². The van der Waals surface area contributed by atoms with E-state index in [1.54, 1.807) is 0 Å². The van der Waals surface area contributed by atoms with E-state index < -0.39 is 0 Å². The monoisotopic (exact) mass is 161 g/mol. The highest BCUT2D eigenvalue weighted by Crippen LogP contribution is 2.25. The standard InChI is InChI=1S/C10H11NO/c1-10(7-11-8-12-10)9-5-3-2-4-6-9/h2-7H,8H2,1H3. The molecule has 0 fully saturated rings. The van der Waals surface area contributed by atoms with Crippen LogP contribution in [-0.4, -0.2) is 12.9 Å². The van der Waals surface area contributed by atoms with Crippen LogP contribution in [0.15, 0.2) is 35.3 Å². The Hall–Kier alpha value is -1.15. The summed E-state index contributed by atoms with van der Waals surface area (Å²) in [6.07, 6.45) is 1.86. The van der Waals surface area contributed by atoms with Crippen LogP contribution in [0.3, 0.4) is 0 Å². The average molecular weight is 161 g/mol. The molecule has 0 aliphatic carbocycles. The van der Waals surface area contributed by atoms with Crippen molar-refractivity contribution in [3.05, 3.63) is 35.9 Å². The SMILES string of the molecule is CC1(c2ccccc2)C=NCO1. The molecule has 62 valence electrons. The van der Waals surface area contributed by atoms with Gasteiger partial charge in [0, 0.05) is 6.21 Å². The molecule has 0 spiro atoms. The molecule has 1 atom stereocenters. The highest BCUT2D eigenvalue weighted by molar-refractivity contribution is 5.72. The maximum atomic E-state index is 5.50. The summed E-state index contributed by atoms with van der Waals surface area (Å²) in [6.45, 7) is 2.50. The third-order valence-corrected chi connectivity index (χ3v) is 2.12. The van der Waals surface area contributed by atoms with Crippen molar-refractivity contribution in [3.63, 3.8) is 0 Å². The molecule has 1 aliphatic rings. The molecule has 1 aliphatic heterocycles. The van der Waals surface area contributed by atoms with Crippen LogP contribution >= 0.6 is 0 Å². The topological polar surface area (TPSA) is 21.6 Å². The Kier molecular flexibility index (Phi) is 1.70. The van der Waals surface area contributed by atoms with Gasteiger partial charge in [-0.15, -0.1) is 0 Å². The summed E-state index contributed by atoms with van der Waals surface area (Å²) < 4.78 is 5.50. The Morgan fingerprint density at radius 2 is 2.08 bits per heavy atom. The number of ether oxygens (including phenoxy) is 1. The van der Waals surface area contributed by atoms with Gasteiger partial charge in [0.15, 0.2) is 0 Å². The van der Waals surface area contributed by atoms with Crippen LogP contribution in [0.1, 0.15) is 12.5 Å². The molecule has 0 saturated heterocycles. The number of hydrogen-bond acceptors (Lipinski definition) is 2. The molecule has 0 N–H and O–H groups in total. The van der Waals surface area contributed by atoms with Gasteiger partial charge in [-0.2, -0.15) is 0 Å². The first-order chi connectivity index (χ1) is 5.81. The summed E-state index contributed by atoms with van der Waals surface area (Å²) in [6, 6.07) is 10.1. The molecule has 0 radical (unpaired) electrons. The zero-order valence-corrected chi connectivity index (χ0v) is 7.03. The molecule has 2 heteroatoms. The van der Waals surface area contributed by atoms with E-state index in [1.807, 2.05) is 31.3 Å². The van der Waals surface area contributed by atoms with Crippen molar-refractivity contribution in [2.45, 2.75) is 12.5 Å². The molecule has 1 heterocycles. The zero-order chi connectivity index (χ0) is 8.44. The van der Waals surface area contributed by atoms with Crippen molar-refractivity contribution in [2.24, 2.45) is 4.99 Å². The van der Waals surface area contributed by atoms with Crippen molar-refractivity contribution in [3.8, 4) is 0 Å². The maximum absolute atomic E-state index is 5.50. The molecule has 0 amide bonds. The van der Waals surface area contributed by atoms with Gasteiger partial charge in [0.2, 0.25) is 0 Å². The second-order valence-electron chi connectivity index (χ2n) is 3.06. The van der Waals surface area contributed by atoms with Crippen molar-refractivity contribution < 1.29 is 4.74 Å². The lowest BCUT2D eigenvalue weighted by molar-refractivity contribution is 0.0469. The molecule has 0 aromatic heterocycles. The lowest BCUT2D eigenvalue weighted by atomic mass is 9.98. The predicted molar refractivity (Wildman–Crippen MR) is 48.2 cm³/mol. The summed E-state index contributed by atoms with van der Waals surface area (Å²) in [7, 11) is 0. The Balaban J connectivity index is 2.36. The summed E-state index contributed by atoms with van der Waals surface area (Å²) >= 11 is 0. The van der Waals surface area contributed by atoms with Crippen LogP contribution in [0.25, 0.3) is 0 Å². The molecule has 12 heavy (non-hydrogen) atoms. The minimum absolute atomic E-state index is 0.304. The van der Waals surface area contributed by atoms with E-state index >= 15 is 0 Å². The molecular weight excluding hydrogens is 150 g/mol. The fourth-order valence-corrected chi connectivity index (χ4v) is 1.35. The Bertz CT molecular complexity index is 294. The summed E-state index contributed by atoms with van der Waals surface area (Å²) in [5.41, 5.74) is 0.854. The summed E-state index contributed by atoms with van der Waals surface area (Å²) in [4.78, 5) is 4.07. The van der Waals surface area contributed by atoms with Gasteiger partial charge in [0.1, 0.15) is 12.3 Å². The highest BCUT2D eigenvalue weighted by atomic mass is 16.5. The second-order valence-corrected chi connectivity index (χ2v) is 3.06. The Morgan fingerprint density at radius 1 is 1.33 bits per heavy atom. The van der Waals surface area contributed by atoms with Crippen LogP contribution in [0.4, 0.5) is 0 Å². The van der Waals surface area contributed by atoms with E-state index in [2.05, 4.69) is 17.1 Å². The normalized spacial score (nSPS) is 27.8. The van der Waals surface area contributed by atoms with Gasteiger partial charge in [0.05, 0.1) is 0 Å². The van der Waals surface area contributed by atoms with E-state index in [1.165, 1.54) is 0 Å². The molecule has 1 unspecified atom stereocenters. The minimum atomic E-state index is -0.304. The molecule has 1 aromatic carbocycles. The van der Waals surface area contributed by atoms with Crippen LogP contribution < -0.4 is 0 Å². The lowest BCUT2D eigenvalue weighted by Gasteiger charge is -2.20. The molecule has 1 aromatic rings. The van der Waals surface area contributed by atoms with Gasteiger partial charge in [-0.3, -0.25) is 4.99 Å². The number of rotatable bonds is 1. The predicted octanol–water partition coefficient (Wildman–Crippen LogP) is 1.96. The van der Waals surface area contributed by atoms with E-state index in [-0.39, 0.29) is 5.60 Å². The second kappa shape index (κ2) is 2.72. The fraction of sp³-hybridized carbons (Fsp3) is 0.300. The van der Waals surface area contributed by atoms with Gasteiger partial charge < -0.3 is 4.74 Å². The third-order valence-electron chi connectivity index (χ3n) is 2.12. The first-order valence-electron chi connectivity index (χ1n) is 4.02. The van der Waals surface area contributed by atoms with Crippen LogP contribution in [0.2, 0.25) is 0 Å². The van der Waals surface area contributed by atoms with Crippen molar-refractivity contribution in [1.29, 1.82) is 0 Å². The largest absolute Gasteiger partial charge is 0.343 e. The molecule has 0 bridgehead atoms. The van der Waals surface area contributed by atoms with Gasteiger partial charge in [-0.1, -0.05) is 30.3 Å². The molecule has 0 saturated carbocycles. The zero-order valence-electron chi connectivity index (χ0n) is 7.03. The van der Waals surface area contributed by atoms with Crippen LogP contribution in [-0.2, 0) is 10.3 Å². The highest BCUT2D eigenvalue weighted by Gasteiger charge is 2.27. The van der Waals surface area contributed by atoms with E-state index in [0.29, 0.717) is 6.73 Å². The average Bonchev–Trinajstić information content (AvgIpc) is 2.55. The number of hydrogen-bond donors (Lipinski definition) is 0. The molecule has 2 nitrogen and oxygen atoms in total. The number of aliphatic imine (C=N–C) groups is 1. The fourth-order valence-electron chi connectivity index (χ4n) is 1.35. The third kappa shape index (κ3) is 1.14. The van der Waals surface area contributed by atoms with E-state index in [0.717, 1.165) is 5.56 Å². The van der Waals surface area contributed by atoms with Gasteiger partial charge in [-0.25, -0.2) is 0 Å². The van der Waals surface area contributed by atoms with Crippen molar-refractivity contribution in [1.82, 2.24) is 0 Å². The van der Waals surface area contributed by atoms with Crippen LogP contribution in [0.5, 0.6) is 0 Å². The lowest BCUT2D eigenvalue weighted by Crippen LogP contribution is -2.22.